The first-order valence-electron chi connectivity index (χ1n) is 4.85. The second-order valence-electron chi connectivity index (χ2n) is 3.64. The lowest BCUT2D eigenvalue weighted by atomic mass is 9.70. The van der Waals surface area contributed by atoms with E-state index in [1.165, 1.54) is 0 Å². The van der Waals surface area contributed by atoms with Gasteiger partial charge in [0.15, 0.2) is 0 Å². The second-order valence-corrected chi connectivity index (χ2v) is 3.64. The molecule has 0 aromatic carbocycles. The standard InChI is InChI=1S/C9H17N3O2/c1-11-8(14)9(5-10,12-6-13)7-3-2-4-7/h6-7H,2-5,10H2,1H3,(H,11,14)(H,12,13). The Labute approximate surface area is 83.4 Å². The Morgan fingerprint density at radius 2 is 2.29 bits per heavy atom. The molecule has 0 saturated heterocycles. The van der Waals surface area contributed by atoms with Gasteiger partial charge >= 0.3 is 0 Å². The minimum Gasteiger partial charge on any atom is -0.357 e. The van der Waals surface area contributed by atoms with E-state index in [-0.39, 0.29) is 18.4 Å². The van der Waals surface area contributed by atoms with Crippen LogP contribution < -0.4 is 16.4 Å². The van der Waals surface area contributed by atoms with Gasteiger partial charge in [-0.2, -0.15) is 0 Å². The minimum absolute atomic E-state index is 0.149. The molecule has 2 amide bonds. The van der Waals surface area contributed by atoms with Gasteiger partial charge < -0.3 is 16.4 Å². The summed E-state index contributed by atoms with van der Waals surface area (Å²) in [6.07, 6.45) is 3.56. The molecule has 0 aliphatic heterocycles. The van der Waals surface area contributed by atoms with Crippen LogP contribution in [0.5, 0.6) is 0 Å². The smallest absolute Gasteiger partial charge is 0.247 e. The average molecular weight is 199 g/mol. The van der Waals surface area contributed by atoms with Crippen LogP contribution in [0.15, 0.2) is 0 Å². The van der Waals surface area contributed by atoms with Crippen LogP contribution in [0.3, 0.4) is 0 Å². The zero-order valence-corrected chi connectivity index (χ0v) is 8.38. The summed E-state index contributed by atoms with van der Waals surface area (Å²) in [5.41, 5.74) is 4.70. The summed E-state index contributed by atoms with van der Waals surface area (Å²) < 4.78 is 0. The largest absolute Gasteiger partial charge is 0.357 e. The molecule has 5 heteroatoms. The van der Waals surface area contributed by atoms with Gasteiger partial charge in [0.25, 0.3) is 0 Å². The quantitative estimate of drug-likeness (QED) is 0.495. The van der Waals surface area contributed by atoms with E-state index < -0.39 is 5.54 Å². The number of amides is 2. The lowest BCUT2D eigenvalue weighted by Gasteiger charge is -2.42. The van der Waals surface area contributed by atoms with Crippen molar-refractivity contribution in [3.8, 4) is 0 Å². The number of carbonyl (C=O) groups is 2. The molecule has 1 atom stereocenters. The molecule has 4 N–H and O–H groups in total. The summed E-state index contributed by atoms with van der Waals surface area (Å²) in [7, 11) is 1.55. The van der Waals surface area contributed by atoms with Gasteiger partial charge in [0.2, 0.25) is 12.3 Å². The highest BCUT2D eigenvalue weighted by Gasteiger charge is 2.46. The zero-order valence-electron chi connectivity index (χ0n) is 8.38. The van der Waals surface area contributed by atoms with Gasteiger partial charge in [-0.15, -0.1) is 0 Å². The van der Waals surface area contributed by atoms with Crippen molar-refractivity contribution < 1.29 is 9.59 Å². The monoisotopic (exact) mass is 199 g/mol. The maximum absolute atomic E-state index is 11.7. The Morgan fingerprint density at radius 3 is 2.57 bits per heavy atom. The minimum atomic E-state index is -0.894. The fraction of sp³-hybridized carbons (Fsp3) is 0.778. The number of nitrogens with one attached hydrogen (secondary N) is 2. The summed E-state index contributed by atoms with van der Waals surface area (Å²) in [6, 6.07) is 0. The SMILES string of the molecule is CNC(=O)C(CN)(NC=O)C1CCC1. The number of likely N-dealkylation sites (N-methyl/N-ethyl adjacent to an activating group) is 1. The molecule has 0 bridgehead atoms. The van der Waals surface area contributed by atoms with Gasteiger partial charge in [0.1, 0.15) is 5.54 Å². The highest BCUT2D eigenvalue weighted by atomic mass is 16.2. The molecule has 0 aromatic rings. The molecule has 80 valence electrons. The molecular formula is C9H17N3O2. The first-order chi connectivity index (χ1) is 6.71. The highest BCUT2D eigenvalue weighted by Crippen LogP contribution is 2.35. The van der Waals surface area contributed by atoms with Crippen molar-refractivity contribution in [3.05, 3.63) is 0 Å². The van der Waals surface area contributed by atoms with Gasteiger partial charge in [-0.05, 0) is 18.8 Å². The molecule has 1 aliphatic rings. The maximum atomic E-state index is 11.7. The first-order valence-corrected chi connectivity index (χ1v) is 4.85. The van der Waals surface area contributed by atoms with Gasteiger partial charge in [-0.3, -0.25) is 9.59 Å². The highest BCUT2D eigenvalue weighted by molar-refractivity contribution is 5.88. The zero-order chi connectivity index (χ0) is 10.6. The number of hydrogen-bond donors (Lipinski definition) is 3. The molecule has 14 heavy (non-hydrogen) atoms. The number of nitrogens with two attached hydrogens (primary N) is 1. The van der Waals surface area contributed by atoms with Crippen LogP contribution in [0.1, 0.15) is 19.3 Å². The third-order valence-electron chi connectivity index (χ3n) is 3.07. The Kier molecular flexibility index (Phi) is 3.46. The molecule has 0 radical (unpaired) electrons. The van der Waals surface area contributed by atoms with Crippen LogP contribution >= 0.6 is 0 Å². The van der Waals surface area contributed by atoms with E-state index in [1.807, 2.05) is 0 Å². The molecule has 0 aromatic heterocycles. The Morgan fingerprint density at radius 1 is 1.64 bits per heavy atom. The molecule has 1 rings (SSSR count). The molecule has 1 fully saturated rings. The van der Waals surface area contributed by atoms with Gasteiger partial charge in [0.05, 0.1) is 0 Å². The number of hydrogen-bond acceptors (Lipinski definition) is 3. The Hall–Kier alpha value is -1.10. The molecule has 1 saturated carbocycles. The molecular weight excluding hydrogens is 182 g/mol. The molecule has 0 heterocycles. The van der Waals surface area contributed by atoms with Crippen molar-refractivity contribution in [2.24, 2.45) is 11.7 Å². The van der Waals surface area contributed by atoms with E-state index in [1.54, 1.807) is 7.05 Å². The first kappa shape index (κ1) is 11.0. The number of rotatable bonds is 5. The van der Waals surface area contributed by atoms with E-state index in [2.05, 4.69) is 10.6 Å². The van der Waals surface area contributed by atoms with Crippen LogP contribution in [0, 0.1) is 5.92 Å². The second kappa shape index (κ2) is 4.41. The van der Waals surface area contributed by atoms with E-state index in [0.29, 0.717) is 6.41 Å². The average Bonchev–Trinajstić information content (AvgIpc) is 2.12. The number of carbonyl (C=O) groups excluding carboxylic acids is 2. The molecule has 1 unspecified atom stereocenters. The molecule has 1 aliphatic carbocycles. The maximum Gasteiger partial charge on any atom is 0.247 e. The van der Waals surface area contributed by atoms with Crippen molar-refractivity contribution >= 4 is 12.3 Å². The van der Waals surface area contributed by atoms with E-state index in [9.17, 15) is 9.59 Å². The van der Waals surface area contributed by atoms with Crippen LogP contribution in [-0.4, -0.2) is 31.4 Å². The van der Waals surface area contributed by atoms with Crippen molar-refractivity contribution in [2.75, 3.05) is 13.6 Å². The third-order valence-corrected chi connectivity index (χ3v) is 3.07. The summed E-state index contributed by atoms with van der Waals surface area (Å²) in [6.45, 7) is 0.149. The third kappa shape index (κ3) is 1.59. The van der Waals surface area contributed by atoms with Crippen LogP contribution in [0.4, 0.5) is 0 Å². The van der Waals surface area contributed by atoms with Crippen LogP contribution in [-0.2, 0) is 9.59 Å². The fourth-order valence-corrected chi connectivity index (χ4v) is 1.92. The van der Waals surface area contributed by atoms with E-state index in [4.69, 9.17) is 5.73 Å². The van der Waals surface area contributed by atoms with Crippen LogP contribution in [0.2, 0.25) is 0 Å². The normalized spacial score (nSPS) is 20.4. The van der Waals surface area contributed by atoms with Crippen molar-refractivity contribution in [3.63, 3.8) is 0 Å². The van der Waals surface area contributed by atoms with Crippen LogP contribution in [0.25, 0.3) is 0 Å². The molecule has 5 nitrogen and oxygen atoms in total. The summed E-state index contributed by atoms with van der Waals surface area (Å²) in [5.74, 6) is -0.0190. The van der Waals surface area contributed by atoms with Gasteiger partial charge in [0, 0.05) is 13.6 Å². The topological polar surface area (TPSA) is 84.2 Å². The van der Waals surface area contributed by atoms with Crippen molar-refractivity contribution in [1.29, 1.82) is 0 Å². The summed E-state index contributed by atoms with van der Waals surface area (Å²) in [5, 5.41) is 5.13. The Bertz CT molecular complexity index is 228. The summed E-state index contributed by atoms with van der Waals surface area (Å²) >= 11 is 0. The lowest BCUT2D eigenvalue weighted by molar-refractivity contribution is -0.133. The molecule has 0 spiro atoms. The fourth-order valence-electron chi connectivity index (χ4n) is 1.92. The van der Waals surface area contributed by atoms with E-state index in [0.717, 1.165) is 19.3 Å². The van der Waals surface area contributed by atoms with Crippen molar-refractivity contribution in [2.45, 2.75) is 24.8 Å². The summed E-state index contributed by atoms with van der Waals surface area (Å²) in [4.78, 5) is 22.2. The Balaban J connectivity index is 2.83. The predicted molar refractivity (Wildman–Crippen MR) is 52.4 cm³/mol. The predicted octanol–water partition coefficient (Wildman–Crippen LogP) is -1.02. The lowest BCUT2D eigenvalue weighted by Crippen LogP contribution is -2.66. The van der Waals surface area contributed by atoms with E-state index >= 15 is 0 Å². The van der Waals surface area contributed by atoms with Gasteiger partial charge in [-0.1, -0.05) is 6.42 Å². The van der Waals surface area contributed by atoms with Crippen molar-refractivity contribution in [1.82, 2.24) is 10.6 Å². The van der Waals surface area contributed by atoms with Gasteiger partial charge in [-0.25, -0.2) is 0 Å².